The van der Waals surface area contributed by atoms with Crippen LogP contribution in [0.5, 0.6) is 0 Å². The number of carbonyl (C=O) groups is 2. The van der Waals surface area contributed by atoms with Crippen molar-refractivity contribution in [1.29, 1.82) is 0 Å². The molecule has 3 atom stereocenters. The summed E-state index contributed by atoms with van der Waals surface area (Å²) in [7, 11) is 0. The van der Waals surface area contributed by atoms with E-state index in [9.17, 15) is 9.59 Å². The van der Waals surface area contributed by atoms with Crippen LogP contribution in [0.25, 0.3) is 0 Å². The van der Waals surface area contributed by atoms with Crippen LogP contribution >= 0.6 is 31.9 Å². The van der Waals surface area contributed by atoms with Crippen molar-refractivity contribution < 1.29 is 9.59 Å². The summed E-state index contributed by atoms with van der Waals surface area (Å²) in [6, 6.07) is 0.564. The predicted octanol–water partition coefficient (Wildman–Crippen LogP) is 1.87. The van der Waals surface area contributed by atoms with E-state index in [1.165, 1.54) is 0 Å². The summed E-state index contributed by atoms with van der Waals surface area (Å²) in [6.45, 7) is 3.56. The van der Waals surface area contributed by atoms with Gasteiger partial charge in [0.25, 0.3) is 0 Å². The lowest BCUT2D eigenvalue weighted by Crippen LogP contribution is -2.33. The Morgan fingerprint density at radius 1 is 1.28 bits per heavy atom. The number of carbonyl (C=O) groups excluding carboxylic acids is 2. The first-order valence-electron chi connectivity index (χ1n) is 5.98. The van der Waals surface area contributed by atoms with E-state index in [-0.39, 0.29) is 17.9 Å². The molecule has 2 amide bonds. The largest absolute Gasteiger partial charge is 0.352 e. The number of alkyl halides is 2. The SMILES string of the molecule is C=C[C@H]1CCC(=O)N1.O=C1CC[C@H](C(Br)CBr)N1. The smallest absolute Gasteiger partial charge is 0.220 e. The van der Waals surface area contributed by atoms with Crippen molar-refractivity contribution >= 4 is 43.7 Å². The highest BCUT2D eigenvalue weighted by atomic mass is 79.9. The van der Waals surface area contributed by atoms with Crippen LogP contribution in [0, 0.1) is 0 Å². The number of nitrogens with one attached hydrogen (secondary N) is 2. The number of halogens is 2. The van der Waals surface area contributed by atoms with Crippen LogP contribution in [0.3, 0.4) is 0 Å². The van der Waals surface area contributed by atoms with E-state index in [4.69, 9.17) is 0 Å². The Balaban J connectivity index is 0.000000184. The Bertz CT molecular complexity index is 323. The van der Waals surface area contributed by atoms with Crippen LogP contribution in [0.15, 0.2) is 12.7 Å². The molecule has 2 aliphatic heterocycles. The molecule has 2 N–H and O–H groups in total. The first-order chi connectivity index (χ1) is 8.56. The van der Waals surface area contributed by atoms with Gasteiger partial charge in [-0.3, -0.25) is 9.59 Å². The van der Waals surface area contributed by atoms with Gasteiger partial charge in [-0.2, -0.15) is 0 Å². The second kappa shape index (κ2) is 7.94. The molecule has 0 bridgehead atoms. The zero-order valence-electron chi connectivity index (χ0n) is 10.1. The van der Waals surface area contributed by atoms with Gasteiger partial charge in [0.2, 0.25) is 11.8 Å². The van der Waals surface area contributed by atoms with Crippen molar-refractivity contribution in [3.63, 3.8) is 0 Å². The van der Waals surface area contributed by atoms with E-state index in [1.54, 1.807) is 6.08 Å². The van der Waals surface area contributed by atoms with E-state index < -0.39 is 0 Å². The predicted molar refractivity (Wildman–Crippen MR) is 79.0 cm³/mol. The summed E-state index contributed by atoms with van der Waals surface area (Å²) in [5, 5.41) is 6.52. The molecule has 2 saturated heterocycles. The Hall–Kier alpha value is -0.360. The summed E-state index contributed by atoms with van der Waals surface area (Å²) < 4.78 is 0. The molecule has 0 saturated carbocycles. The zero-order chi connectivity index (χ0) is 13.5. The molecule has 2 fully saturated rings. The third-order valence-corrected chi connectivity index (χ3v) is 5.45. The number of hydrogen-bond donors (Lipinski definition) is 2. The normalized spacial score (nSPS) is 27.9. The van der Waals surface area contributed by atoms with Crippen molar-refractivity contribution in [2.45, 2.75) is 42.6 Å². The van der Waals surface area contributed by atoms with Gasteiger partial charge in [-0.15, -0.1) is 6.58 Å². The maximum atomic E-state index is 10.7. The molecule has 102 valence electrons. The van der Waals surface area contributed by atoms with Crippen molar-refractivity contribution in [2.24, 2.45) is 0 Å². The minimum absolute atomic E-state index is 0.148. The van der Waals surface area contributed by atoms with Gasteiger partial charge in [0.15, 0.2) is 0 Å². The van der Waals surface area contributed by atoms with Crippen molar-refractivity contribution in [1.82, 2.24) is 10.6 Å². The van der Waals surface area contributed by atoms with Gasteiger partial charge in [-0.25, -0.2) is 0 Å². The van der Waals surface area contributed by atoms with Crippen LogP contribution < -0.4 is 10.6 Å². The summed E-state index contributed by atoms with van der Waals surface area (Å²) in [6.07, 6.45) is 4.99. The maximum absolute atomic E-state index is 10.7. The molecular formula is C12H18Br2N2O2. The fraction of sp³-hybridized carbons (Fsp3) is 0.667. The average molecular weight is 382 g/mol. The van der Waals surface area contributed by atoms with Gasteiger partial charge >= 0.3 is 0 Å². The van der Waals surface area contributed by atoms with Crippen molar-refractivity contribution in [3.05, 3.63) is 12.7 Å². The fourth-order valence-corrected chi connectivity index (χ4v) is 2.68. The topological polar surface area (TPSA) is 58.2 Å². The van der Waals surface area contributed by atoms with Gasteiger partial charge in [-0.05, 0) is 12.8 Å². The molecule has 2 heterocycles. The van der Waals surface area contributed by atoms with Gasteiger partial charge < -0.3 is 10.6 Å². The number of amides is 2. The first kappa shape index (κ1) is 15.7. The molecule has 18 heavy (non-hydrogen) atoms. The van der Waals surface area contributed by atoms with Gasteiger partial charge in [-0.1, -0.05) is 37.9 Å². The third kappa shape index (κ3) is 5.10. The van der Waals surface area contributed by atoms with Crippen LogP contribution in [0.1, 0.15) is 25.7 Å². The zero-order valence-corrected chi connectivity index (χ0v) is 13.3. The van der Waals surface area contributed by atoms with Crippen molar-refractivity contribution in [3.8, 4) is 0 Å². The molecule has 2 aliphatic rings. The Kier molecular flexibility index (Phi) is 6.92. The molecule has 0 radical (unpaired) electrons. The second-order valence-electron chi connectivity index (χ2n) is 4.33. The Morgan fingerprint density at radius 3 is 2.22 bits per heavy atom. The molecule has 1 unspecified atom stereocenters. The van der Waals surface area contributed by atoms with E-state index in [2.05, 4.69) is 49.1 Å². The molecule has 0 spiro atoms. The molecule has 0 aromatic carbocycles. The second-order valence-corrected chi connectivity index (χ2v) is 6.15. The summed E-state index contributed by atoms with van der Waals surface area (Å²) in [5.74, 6) is 0.324. The minimum Gasteiger partial charge on any atom is -0.352 e. The molecule has 6 heteroatoms. The van der Waals surface area contributed by atoms with Crippen LogP contribution in [-0.4, -0.2) is 34.1 Å². The van der Waals surface area contributed by atoms with Crippen LogP contribution in [-0.2, 0) is 9.59 Å². The van der Waals surface area contributed by atoms with Gasteiger partial charge in [0, 0.05) is 35.1 Å². The molecule has 2 rings (SSSR count). The van der Waals surface area contributed by atoms with Crippen LogP contribution in [0.2, 0.25) is 0 Å². The molecule has 0 aliphatic carbocycles. The molecule has 0 aromatic heterocycles. The van der Waals surface area contributed by atoms with E-state index >= 15 is 0 Å². The Labute approximate surface area is 124 Å². The lowest BCUT2D eigenvalue weighted by molar-refractivity contribution is -0.120. The maximum Gasteiger partial charge on any atom is 0.220 e. The summed E-state index contributed by atoms with van der Waals surface area (Å²) in [5.41, 5.74) is 0. The summed E-state index contributed by atoms with van der Waals surface area (Å²) in [4.78, 5) is 21.6. The first-order valence-corrected chi connectivity index (χ1v) is 8.01. The van der Waals surface area contributed by atoms with E-state index in [0.29, 0.717) is 23.7 Å². The Morgan fingerprint density at radius 2 is 1.89 bits per heavy atom. The average Bonchev–Trinajstić information content (AvgIpc) is 2.97. The number of rotatable bonds is 3. The molecule has 4 nitrogen and oxygen atoms in total. The highest BCUT2D eigenvalue weighted by molar-refractivity contribution is 9.12. The van der Waals surface area contributed by atoms with E-state index in [1.807, 2.05) is 0 Å². The van der Waals surface area contributed by atoms with Gasteiger partial charge in [0.1, 0.15) is 0 Å². The minimum atomic E-state index is 0.148. The highest BCUT2D eigenvalue weighted by Crippen LogP contribution is 2.17. The molecule has 0 aromatic rings. The third-order valence-electron chi connectivity index (χ3n) is 2.93. The quantitative estimate of drug-likeness (QED) is 0.579. The highest BCUT2D eigenvalue weighted by Gasteiger charge is 2.25. The fourth-order valence-electron chi connectivity index (χ4n) is 1.83. The lowest BCUT2D eigenvalue weighted by atomic mass is 10.2. The van der Waals surface area contributed by atoms with Crippen molar-refractivity contribution in [2.75, 3.05) is 5.33 Å². The summed E-state index contributed by atoms with van der Waals surface area (Å²) >= 11 is 6.82. The van der Waals surface area contributed by atoms with Gasteiger partial charge in [0.05, 0.1) is 0 Å². The standard InChI is InChI=1S/C6H9Br2NO.C6H9NO/c7-3-4(8)5-1-2-6(10)9-5;1-2-5-3-4-6(8)7-5/h4-5H,1-3H2,(H,9,10);2,5H,1,3-4H2,(H,7,8)/t4?,5-;5-/m10/s1. The molecular weight excluding hydrogens is 364 g/mol. The number of hydrogen-bond acceptors (Lipinski definition) is 2. The van der Waals surface area contributed by atoms with Crippen LogP contribution in [0.4, 0.5) is 0 Å². The van der Waals surface area contributed by atoms with E-state index in [0.717, 1.165) is 18.2 Å². The monoisotopic (exact) mass is 380 g/mol. The lowest BCUT2D eigenvalue weighted by Gasteiger charge is -2.13.